The number of carbonyl (C=O) groups is 3. The highest BCUT2D eigenvalue weighted by molar-refractivity contribution is 7.50. The molecule has 2 N–H and O–H groups in total. The highest BCUT2D eigenvalue weighted by Gasteiger charge is 2.30. The van der Waals surface area contributed by atoms with Crippen molar-refractivity contribution in [3.05, 3.63) is 71.8 Å². The Morgan fingerprint density at radius 2 is 1.74 bits per heavy atom. The molecule has 8 nitrogen and oxygen atoms in total. The van der Waals surface area contributed by atoms with E-state index in [1.807, 2.05) is 24.3 Å². The van der Waals surface area contributed by atoms with E-state index in [9.17, 15) is 14.4 Å². The molecule has 0 aromatic heterocycles. The van der Waals surface area contributed by atoms with Gasteiger partial charge in [-0.15, -0.1) is 0 Å². The number of nitrogens with zero attached hydrogens (tertiary/aromatic N) is 1. The highest BCUT2D eigenvalue weighted by Crippen LogP contribution is 2.35. The minimum absolute atomic E-state index is 0.216. The van der Waals surface area contributed by atoms with E-state index in [2.05, 4.69) is 17.2 Å². The van der Waals surface area contributed by atoms with Gasteiger partial charge >= 0.3 is 11.9 Å². The molecule has 188 valence electrons. The first-order chi connectivity index (χ1) is 17.0. The van der Waals surface area contributed by atoms with E-state index >= 15 is 0 Å². The van der Waals surface area contributed by atoms with Gasteiger partial charge in [0.1, 0.15) is 14.8 Å². The van der Waals surface area contributed by atoms with Crippen LogP contribution in [0.4, 0.5) is 0 Å². The Morgan fingerprint density at radius 1 is 1.03 bits per heavy atom. The normalized spacial score (nSPS) is 17.0. The van der Waals surface area contributed by atoms with Gasteiger partial charge in [-0.25, -0.2) is 4.79 Å². The van der Waals surface area contributed by atoms with Gasteiger partial charge in [-0.2, -0.15) is 0 Å². The molecule has 2 aromatic rings. The number of aliphatic carboxylic acids is 1. The molecule has 0 spiro atoms. The molecule has 3 rings (SSSR count). The lowest BCUT2D eigenvalue weighted by molar-refractivity contribution is -0.144. The smallest absolute Gasteiger partial charge is 0.340 e. The summed E-state index contributed by atoms with van der Waals surface area (Å²) in [4.78, 5) is 37.8. The third-order valence-electron chi connectivity index (χ3n) is 5.73. The standard InChI is InChI=1S/C26H33N2O6P/c29-24(30)19-28-17-9-7-16-23(25(28)31)27-35(18-10-8-13-21-11-3-1-4-12-21)34-20-33-26(32)22-14-5-2-6-15-22/h1-6,11-12,14-15,23,27H,7-10,13,16-20H2,(H,29,30)/t23?,35-/m0/s1. The highest BCUT2D eigenvalue weighted by atomic mass is 31.2. The van der Waals surface area contributed by atoms with Crippen LogP contribution in [0.2, 0.25) is 0 Å². The number of carboxylic acids is 1. The summed E-state index contributed by atoms with van der Waals surface area (Å²) in [7, 11) is -1.26. The van der Waals surface area contributed by atoms with Crippen LogP contribution in [0.3, 0.4) is 0 Å². The Hall–Kier alpha value is -2.80. The molecular weight excluding hydrogens is 467 g/mol. The molecular formula is C26H33N2O6P. The summed E-state index contributed by atoms with van der Waals surface area (Å²) in [6.07, 6.45) is 5.67. The molecule has 1 amide bonds. The molecule has 1 saturated heterocycles. The van der Waals surface area contributed by atoms with Crippen LogP contribution in [0.5, 0.6) is 0 Å². The number of ether oxygens (including phenoxy) is 1. The van der Waals surface area contributed by atoms with Crippen molar-refractivity contribution in [2.45, 2.75) is 44.6 Å². The van der Waals surface area contributed by atoms with Crippen molar-refractivity contribution in [3.8, 4) is 0 Å². The fourth-order valence-electron chi connectivity index (χ4n) is 3.92. The first-order valence-corrected chi connectivity index (χ1v) is 13.4. The van der Waals surface area contributed by atoms with E-state index in [0.717, 1.165) is 32.1 Å². The average molecular weight is 501 g/mol. The maximum atomic E-state index is 13.0. The lowest BCUT2D eigenvalue weighted by atomic mass is 10.1. The number of rotatable bonds is 13. The number of nitrogens with one attached hydrogen (secondary N) is 1. The number of aryl methyl sites for hydroxylation is 1. The monoisotopic (exact) mass is 500 g/mol. The van der Waals surface area contributed by atoms with Crippen molar-refractivity contribution in [1.82, 2.24) is 9.99 Å². The van der Waals surface area contributed by atoms with E-state index in [-0.39, 0.29) is 19.2 Å². The first kappa shape index (κ1) is 26.8. The summed E-state index contributed by atoms with van der Waals surface area (Å²) in [5.74, 6) is -1.71. The maximum Gasteiger partial charge on any atom is 0.340 e. The van der Waals surface area contributed by atoms with Crippen molar-refractivity contribution in [1.29, 1.82) is 0 Å². The minimum Gasteiger partial charge on any atom is -0.480 e. The molecule has 0 aliphatic carbocycles. The van der Waals surface area contributed by atoms with Crippen LogP contribution < -0.4 is 5.09 Å². The second-order valence-electron chi connectivity index (χ2n) is 8.42. The molecule has 1 unspecified atom stereocenters. The Balaban J connectivity index is 1.56. The van der Waals surface area contributed by atoms with Gasteiger partial charge in [0.15, 0.2) is 6.79 Å². The zero-order chi connectivity index (χ0) is 24.9. The third kappa shape index (κ3) is 9.40. The Morgan fingerprint density at radius 3 is 2.46 bits per heavy atom. The van der Waals surface area contributed by atoms with Crippen LogP contribution in [0.15, 0.2) is 60.7 Å². The fourth-order valence-corrected chi connectivity index (χ4v) is 5.53. The number of benzene rings is 2. The predicted octanol–water partition coefficient (Wildman–Crippen LogP) is 4.21. The molecule has 0 saturated carbocycles. The van der Waals surface area contributed by atoms with E-state index in [1.165, 1.54) is 10.5 Å². The van der Waals surface area contributed by atoms with Gasteiger partial charge in [0.25, 0.3) is 0 Å². The number of likely N-dealkylation sites (tertiary alicyclic amines) is 1. The summed E-state index contributed by atoms with van der Waals surface area (Å²) < 4.78 is 11.2. The zero-order valence-corrected chi connectivity index (χ0v) is 20.7. The number of unbranched alkanes of at least 4 members (excludes halogenated alkanes) is 1. The van der Waals surface area contributed by atoms with Crippen molar-refractivity contribution < 1.29 is 28.8 Å². The molecule has 1 aliphatic rings. The van der Waals surface area contributed by atoms with Gasteiger partial charge in [0.2, 0.25) is 5.91 Å². The van der Waals surface area contributed by atoms with Gasteiger partial charge in [-0.3, -0.25) is 14.7 Å². The SMILES string of the molecule is O=C(O)CN1CCCCC(N[P@](CCCCc2ccccc2)OCOC(=O)c2ccccc2)C1=O. The molecule has 0 bridgehead atoms. The summed E-state index contributed by atoms with van der Waals surface area (Å²) in [6.45, 7) is -0.0830. The van der Waals surface area contributed by atoms with Crippen LogP contribution in [0.1, 0.15) is 48.0 Å². The summed E-state index contributed by atoms with van der Waals surface area (Å²) in [6, 6.07) is 18.4. The summed E-state index contributed by atoms with van der Waals surface area (Å²) >= 11 is 0. The Kier molecular flexibility index (Phi) is 11.2. The molecule has 1 heterocycles. The second-order valence-corrected chi connectivity index (χ2v) is 10.1. The predicted molar refractivity (Wildman–Crippen MR) is 134 cm³/mol. The lowest BCUT2D eigenvalue weighted by Gasteiger charge is -2.27. The quantitative estimate of drug-likeness (QED) is 0.184. The van der Waals surface area contributed by atoms with E-state index in [1.54, 1.807) is 24.3 Å². The number of carbonyl (C=O) groups excluding carboxylic acids is 2. The number of esters is 1. The van der Waals surface area contributed by atoms with E-state index < -0.39 is 26.3 Å². The number of hydrogen-bond donors (Lipinski definition) is 2. The van der Waals surface area contributed by atoms with Crippen LogP contribution in [-0.4, -0.2) is 59.9 Å². The molecule has 9 heteroatoms. The molecule has 1 aliphatic heterocycles. The van der Waals surface area contributed by atoms with Crippen LogP contribution >= 0.6 is 8.30 Å². The minimum atomic E-state index is -1.26. The third-order valence-corrected chi connectivity index (χ3v) is 7.47. The van der Waals surface area contributed by atoms with Gasteiger partial charge in [0, 0.05) is 12.7 Å². The topological polar surface area (TPSA) is 105 Å². The fraction of sp³-hybridized carbons (Fsp3) is 0.423. The van der Waals surface area contributed by atoms with E-state index in [4.69, 9.17) is 14.4 Å². The summed E-state index contributed by atoms with van der Waals surface area (Å²) in [5.41, 5.74) is 1.71. The maximum absolute atomic E-state index is 13.0. The van der Waals surface area contributed by atoms with Crippen molar-refractivity contribution in [2.75, 3.05) is 26.0 Å². The van der Waals surface area contributed by atoms with Crippen molar-refractivity contribution in [2.24, 2.45) is 0 Å². The van der Waals surface area contributed by atoms with Gasteiger partial charge in [-0.05, 0) is 56.2 Å². The lowest BCUT2D eigenvalue weighted by Crippen LogP contribution is -2.45. The van der Waals surface area contributed by atoms with Gasteiger partial charge in [0.05, 0.1) is 11.6 Å². The molecule has 2 aromatic carbocycles. The molecule has 2 atom stereocenters. The van der Waals surface area contributed by atoms with Crippen LogP contribution in [-0.2, 0) is 25.3 Å². The first-order valence-electron chi connectivity index (χ1n) is 12.0. The van der Waals surface area contributed by atoms with Crippen molar-refractivity contribution >= 4 is 26.1 Å². The van der Waals surface area contributed by atoms with Gasteiger partial charge in [-0.1, -0.05) is 48.5 Å². The number of carboxylic acid groups (broad SMARTS) is 1. The average Bonchev–Trinajstić information content (AvgIpc) is 3.03. The van der Waals surface area contributed by atoms with E-state index in [0.29, 0.717) is 24.7 Å². The van der Waals surface area contributed by atoms with Crippen LogP contribution in [0, 0.1) is 0 Å². The Labute approximate surface area is 207 Å². The van der Waals surface area contributed by atoms with Crippen molar-refractivity contribution in [3.63, 3.8) is 0 Å². The Bertz CT molecular complexity index is 943. The van der Waals surface area contributed by atoms with Crippen LogP contribution in [0.25, 0.3) is 0 Å². The molecule has 35 heavy (non-hydrogen) atoms. The zero-order valence-electron chi connectivity index (χ0n) is 19.8. The number of hydrogen-bond acceptors (Lipinski definition) is 6. The number of amides is 1. The molecule has 1 fully saturated rings. The van der Waals surface area contributed by atoms with Gasteiger partial charge < -0.3 is 19.3 Å². The summed E-state index contributed by atoms with van der Waals surface area (Å²) in [5, 5.41) is 12.5. The molecule has 0 radical (unpaired) electrons. The second kappa shape index (κ2) is 14.6. The largest absolute Gasteiger partial charge is 0.480 e.